The highest BCUT2D eigenvalue weighted by molar-refractivity contribution is 8.12. The number of rotatable bonds is 3. The van der Waals surface area contributed by atoms with Crippen molar-refractivity contribution in [3.63, 3.8) is 0 Å². The van der Waals surface area contributed by atoms with Gasteiger partial charge in [-0.15, -0.1) is 11.8 Å². The lowest BCUT2D eigenvalue weighted by Crippen LogP contribution is -1.67. The van der Waals surface area contributed by atoms with Gasteiger partial charge < -0.3 is 0 Å². The number of hydrogen-bond donors (Lipinski definition) is 0. The Morgan fingerprint density at radius 1 is 1.36 bits per heavy atom. The molecular weight excluding hydrogens is 154 g/mol. The Labute approximate surface area is 71.5 Å². The van der Waals surface area contributed by atoms with Crippen molar-refractivity contribution in [1.29, 1.82) is 0 Å². The molecule has 0 spiro atoms. The first-order valence-corrected chi connectivity index (χ1v) is 4.67. The van der Waals surface area contributed by atoms with Crippen LogP contribution in [-0.4, -0.2) is 11.3 Å². The number of nitrogens with zero attached hydrogens (tertiary/aromatic N) is 1. The van der Waals surface area contributed by atoms with E-state index >= 15 is 0 Å². The molecule has 0 aromatic heterocycles. The Bertz CT molecular complexity index is 218. The Morgan fingerprint density at radius 3 is 2.73 bits per heavy atom. The number of hydrogen-bond acceptors (Lipinski definition) is 2. The molecule has 11 heavy (non-hydrogen) atoms. The van der Waals surface area contributed by atoms with Crippen LogP contribution in [0.4, 0.5) is 5.69 Å². The van der Waals surface area contributed by atoms with Gasteiger partial charge in [-0.3, -0.25) is 4.99 Å². The summed E-state index contributed by atoms with van der Waals surface area (Å²) < 4.78 is 0. The van der Waals surface area contributed by atoms with Gasteiger partial charge in [0.1, 0.15) is 0 Å². The van der Waals surface area contributed by atoms with Crippen molar-refractivity contribution in [2.75, 3.05) is 5.75 Å². The topological polar surface area (TPSA) is 12.4 Å². The Hall–Kier alpha value is -0.760. The van der Waals surface area contributed by atoms with Gasteiger partial charge in [-0.25, -0.2) is 0 Å². The fourth-order valence-electron chi connectivity index (χ4n) is 0.687. The zero-order valence-corrected chi connectivity index (χ0v) is 7.34. The number of benzene rings is 1. The summed E-state index contributed by atoms with van der Waals surface area (Å²) in [4.78, 5) is 4.23. The molecule has 0 saturated carbocycles. The van der Waals surface area contributed by atoms with Crippen molar-refractivity contribution in [2.24, 2.45) is 4.99 Å². The average Bonchev–Trinajstić information content (AvgIpc) is 2.07. The van der Waals surface area contributed by atoms with Crippen molar-refractivity contribution >= 4 is 23.0 Å². The Morgan fingerprint density at radius 2 is 2.09 bits per heavy atom. The minimum absolute atomic E-state index is 1.02. The van der Waals surface area contributed by atoms with Gasteiger partial charge in [-0.05, 0) is 17.9 Å². The van der Waals surface area contributed by atoms with Crippen LogP contribution in [0.2, 0.25) is 0 Å². The van der Waals surface area contributed by atoms with E-state index in [1.54, 1.807) is 11.8 Å². The molecule has 0 radical (unpaired) electrons. The lowest BCUT2D eigenvalue weighted by atomic mass is 10.3. The van der Waals surface area contributed by atoms with E-state index in [0.29, 0.717) is 0 Å². The Balaban J connectivity index is 2.50. The maximum Gasteiger partial charge on any atom is 0.0635 e. The minimum Gasteiger partial charge on any atom is -0.250 e. The van der Waals surface area contributed by atoms with Crippen LogP contribution in [0, 0.1) is 0 Å². The Kier molecular flexibility index (Phi) is 3.76. The highest BCUT2D eigenvalue weighted by Gasteiger charge is 1.81. The van der Waals surface area contributed by atoms with E-state index in [0.717, 1.165) is 11.4 Å². The van der Waals surface area contributed by atoms with Gasteiger partial charge in [0, 0.05) is 0 Å². The summed E-state index contributed by atoms with van der Waals surface area (Å²) in [6, 6.07) is 9.96. The molecule has 1 aromatic carbocycles. The molecule has 1 aromatic rings. The SMILES string of the molecule is CCS/C=N\c1ccccc1. The third-order valence-electron chi connectivity index (χ3n) is 1.20. The van der Waals surface area contributed by atoms with Gasteiger partial charge in [0.2, 0.25) is 0 Å². The first-order chi connectivity index (χ1) is 5.43. The van der Waals surface area contributed by atoms with Gasteiger partial charge in [0.25, 0.3) is 0 Å². The first kappa shape index (κ1) is 8.34. The zero-order chi connectivity index (χ0) is 7.94. The molecule has 0 aliphatic carbocycles. The van der Waals surface area contributed by atoms with E-state index < -0.39 is 0 Å². The van der Waals surface area contributed by atoms with Crippen molar-refractivity contribution in [2.45, 2.75) is 6.92 Å². The highest BCUT2D eigenvalue weighted by Crippen LogP contribution is 2.09. The van der Waals surface area contributed by atoms with Crippen LogP contribution in [0.1, 0.15) is 6.92 Å². The normalized spacial score (nSPS) is 10.6. The van der Waals surface area contributed by atoms with Crippen LogP contribution in [0.25, 0.3) is 0 Å². The largest absolute Gasteiger partial charge is 0.250 e. The molecule has 0 fully saturated rings. The monoisotopic (exact) mass is 165 g/mol. The molecule has 0 amide bonds. The van der Waals surface area contributed by atoms with Gasteiger partial charge in [0.05, 0.1) is 11.2 Å². The maximum absolute atomic E-state index is 4.23. The molecule has 0 aliphatic heterocycles. The standard InChI is InChI=1S/C9H11NS/c1-2-11-8-10-9-6-4-3-5-7-9/h3-8H,2H2,1H3/b10-8-. The second kappa shape index (κ2) is 4.97. The van der Waals surface area contributed by atoms with Gasteiger partial charge in [0.15, 0.2) is 0 Å². The fourth-order valence-corrected chi connectivity index (χ4v) is 1.03. The number of thioether (sulfide) groups is 1. The quantitative estimate of drug-likeness (QED) is 0.495. The third kappa shape index (κ3) is 3.23. The fraction of sp³-hybridized carbons (Fsp3) is 0.222. The molecule has 0 N–H and O–H groups in total. The lowest BCUT2D eigenvalue weighted by molar-refractivity contribution is 1.53. The molecule has 0 heterocycles. The molecule has 1 nitrogen and oxygen atoms in total. The summed E-state index contributed by atoms with van der Waals surface area (Å²) in [5, 5.41) is 0. The zero-order valence-electron chi connectivity index (χ0n) is 6.53. The first-order valence-electron chi connectivity index (χ1n) is 3.62. The molecule has 0 atom stereocenters. The third-order valence-corrected chi connectivity index (χ3v) is 1.79. The van der Waals surface area contributed by atoms with Crippen molar-refractivity contribution < 1.29 is 0 Å². The second-order valence-electron chi connectivity index (χ2n) is 2.03. The smallest absolute Gasteiger partial charge is 0.0635 e. The molecule has 2 heteroatoms. The predicted octanol–water partition coefficient (Wildman–Crippen LogP) is 3.10. The van der Waals surface area contributed by atoms with Crippen molar-refractivity contribution in [1.82, 2.24) is 0 Å². The summed E-state index contributed by atoms with van der Waals surface area (Å²) in [5.41, 5.74) is 2.91. The van der Waals surface area contributed by atoms with Crippen LogP contribution >= 0.6 is 11.8 Å². The number of para-hydroxylation sites is 1. The van der Waals surface area contributed by atoms with E-state index in [-0.39, 0.29) is 0 Å². The maximum atomic E-state index is 4.23. The number of aliphatic imine (C=N–C) groups is 1. The lowest BCUT2D eigenvalue weighted by Gasteiger charge is -1.89. The van der Waals surface area contributed by atoms with Crippen LogP contribution in [0.15, 0.2) is 35.3 Å². The average molecular weight is 165 g/mol. The predicted molar refractivity (Wildman–Crippen MR) is 52.7 cm³/mol. The summed E-state index contributed by atoms with van der Waals surface area (Å²) >= 11 is 1.71. The summed E-state index contributed by atoms with van der Waals surface area (Å²) in [7, 11) is 0. The molecule has 58 valence electrons. The van der Waals surface area contributed by atoms with E-state index in [9.17, 15) is 0 Å². The molecule has 0 aliphatic rings. The van der Waals surface area contributed by atoms with Crippen molar-refractivity contribution in [3.05, 3.63) is 30.3 Å². The van der Waals surface area contributed by atoms with Crippen LogP contribution in [-0.2, 0) is 0 Å². The van der Waals surface area contributed by atoms with Crippen LogP contribution < -0.4 is 0 Å². The van der Waals surface area contributed by atoms with Crippen molar-refractivity contribution in [3.8, 4) is 0 Å². The summed E-state index contributed by atoms with van der Waals surface area (Å²) in [6.07, 6.45) is 0. The summed E-state index contributed by atoms with van der Waals surface area (Å²) in [6.45, 7) is 2.11. The van der Waals surface area contributed by atoms with Crippen LogP contribution in [0.5, 0.6) is 0 Å². The van der Waals surface area contributed by atoms with Gasteiger partial charge in [-0.2, -0.15) is 0 Å². The molecule has 0 unspecified atom stereocenters. The van der Waals surface area contributed by atoms with E-state index in [1.165, 1.54) is 0 Å². The minimum atomic E-state index is 1.02. The molecule has 0 saturated heterocycles. The van der Waals surface area contributed by atoms with Gasteiger partial charge in [-0.1, -0.05) is 25.1 Å². The van der Waals surface area contributed by atoms with E-state index in [2.05, 4.69) is 11.9 Å². The summed E-state index contributed by atoms with van der Waals surface area (Å²) in [5.74, 6) is 1.08. The van der Waals surface area contributed by atoms with E-state index in [4.69, 9.17) is 0 Å². The molecule has 0 bridgehead atoms. The van der Waals surface area contributed by atoms with Crippen LogP contribution in [0.3, 0.4) is 0 Å². The second-order valence-corrected chi connectivity index (χ2v) is 3.15. The van der Waals surface area contributed by atoms with Gasteiger partial charge >= 0.3 is 0 Å². The molecular formula is C9H11NS. The molecule has 1 rings (SSSR count). The van der Waals surface area contributed by atoms with E-state index in [1.807, 2.05) is 35.9 Å². The highest BCUT2D eigenvalue weighted by atomic mass is 32.2.